The highest BCUT2D eigenvalue weighted by atomic mass is 79.9. The van der Waals surface area contributed by atoms with Gasteiger partial charge in [-0.2, -0.15) is 0 Å². The fourth-order valence-electron chi connectivity index (χ4n) is 1.61. The Morgan fingerprint density at radius 1 is 1.50 bits per heavy atom. The topological polar surface area (TPSA) is 26.3 Å². The molecule has 1 heterocycles. The summed E-state index contributed by atoms with van der Waals surface area (Å²) in [4.78, 5) is 11.4. The molecule has 0 fully saturated rings. The first-order chi connectivity index (χ1) is 6.81. The average molecular weight is 255 g/mol. The van der Waals surface area contributed by atoms with Crippen LogP contribution >= 0.6 is 15.9 Å². The van der Waals surface area contributed by atoms with Crippen molar-refractivity contribution in [2.24, 2.45) is 0 Å². The van der Waals surface area contributed by atoms with Crippen LogP contribution in [0.1, 0.15) is 22.3 Å². The first-order valence-corrected chi connectivity index (χ1v) is 5.78. The van der Waals surface area contributed by atoms with E-state index in [2.05, 4.69) is 15.9 Å². The highest BCUT2D eigenvalue weighted by Crippen LogP contribution is 2.25. The average Bonchev–Trinajstić information content (AvgIpc) is 2.27. The number of benzene rings is 1. The molecule has 0 aliphatic carbocycles. The molecule has 1 aromatic rings. The number of rotatable bonds is 2. The van der Waals surface area contributed by atoms with Crippen LogP contribution in [0.25, 0.3) is 0 Å². The molecule has 0 N–H and O–H groups in total. The molecule has 2 nitrogen and oxygen atoms in total. The number of fused-ring (bicyclic) bond motifs is 1. The minimum absolute atomic E-state index is 0.123. The highest BCUT2D eigenvalue weighted by Gasteiger charge is 2.12. The van der Waals surface area contributed by atoms with E-state index in [1.807, 2.05) is 18.2 Å². The third-order valence-corrected chi connectivity index (χ3v) is 2.86. The number of carbonyl (C=O) groups is 1. The van der Waals surface area contributed by atoms with Crippen LogP contribution in [0.3, 0.4) is 0 Å². The lowest BCUT2D eigenvalue weighted by Gasteiger charge is -2.17. The third kappa shape index (κ3) is 1.82. The Labute approximate surface area is 91.4 Å². The standard InChI is InChI=1S/C11H11BrO2/c12-7-10(13)8-3-4-11-9(6-8)2-1-5-14-11/h3-4,6H,1-2,5,7H2. The summed E-state index contributed by atoms with van der Waals surface area (Å²) in [5.41, 5.74) is 1.93. The molecule has 14 heavy (non-hydrogen) atoms. The van der Waals surface area contributed by atoms with Crippen molar-refractivity contribution < 1.29 is 9.53 Å². The van der Waals surface area contributed by atoms with Crippen molar-refractivity contribution in [3.05, 3.63) is 29.3 Å². The summed E-state index contributed by atoms with van der Waals surface area (Å²) in [6.45, 7) is 0.790. The molecule has 3 heteroatoms. The summed E-state index contributed by atoms with van der Waals surface area (Å²) < 4.78 is 5.47. The second-order valence-corrected chi connectivity index (χ2v) is 3.89. The molecule has 0 atom stereocenters. The minimum Gasteiger partial charge on any atom is -0.493 e. The van der Waals surface area contributed by atoms with E-state index in [4.69, 9.17) is 4.74 Å². The maximum Gasteiger partial charge on any atom is 0.173 e. The number of hydrogen-bond donors (Lipinski definition) is 0. The molecular formula is C11H11BrO2. The van der Waals surface area contributed by atoms with Crippen LogP contribution in [-0.4, -0.2) is 17.7 Å². The monoisotopic (exact) mass is 254 g/mol. The highest BCUT2D eigenvalue weighted by molar-refractivity contribution is 9.09. The van der Waals surface area contributed by atoms with Crippen LogP contribution < -0.4 is 4.74 Å². The van der Waals surface area contributed by atoms with Crippen molar-refractivity contribution in [2.45, 2.75) is 12.8 Å². The summed E-state index contributed by atoms with van der Waals surface area (Å²) in [6.07, 6.45) is 2.05. The fraction of sp³-hybridized carbons (Fsp3) is 0.364. The maximum atomic E-state index is 11.4. The van der Waals surface area contributed by atoms with Crippen molar-refractivity contribution in [3.63, 3.8) is 0 Å². The van der Waals surface area contributed by atoms with Crippen LogP contribution in [-0.2, 0) is 6.42 Å². The van der Waals surface area contributed by atoms with Gasteiger partial charge < -0.3 is 4.74 Å². The van der Waals surface area contributed by atoms with E-state index in [1.165, 1.54) is 0 Å². The van der Waals surface area contributed by atoms with Gasteiger partial charge in [-0.05, 0) is 36.6 Å². The first-order valence-electron chi connectivity index (χ1n) is 4.66. The zero-order chi connectivity index (χ0) is 9.97. The third-order valence-electron chi connectivity index (χ3n) is 2.35. The summed E-state index contributed by atoms with van der Waals surface area (Å²) in [5.74, 6) is 1.06. The summed E-state index contributed by atoms with van der Waals surface area (Å²) >= 11 is 3.17. The van der Waals surface area contributed by atoms with Crippen molar-refractivity contribution in [3.8, 4) is 5.75 Å². The lowest BCUT2D eigenvalue weighted by Crippen LogP contribution is -2.10. The number of ether oxygens (including phenoxy) is 1. The lowest BCUT2D eigenvalue weighted by atomic mass is 10.0. The quantitative estimate of drug-likeness (QED) is 0.599. The van der Waals surface area contributed by atoms with Gasteiger partial charge in [0.25, 0.3) is 0 Å². The molecule has 0 saturated carbocycles. The van der Waals surface area contributed by atoms with Gasteiger partial charge in [-0.25, -0.2) is 0 Å². The van der Waals surface area contributed by atoms with Crippen molar-refractivity contribution in [2.75, 3.05) is 11.9 Å². The molecule has 1 aliphatic rings. The van der Waals surface area contributed by atoms with E-state index < -0.39 is 0 Å². The summed E-state index contributed by atoms with van der Waals surface area (Å²) in [5, 5.41) is 0.382. The SMILES string of the molecule is O=C(CBr)c1ccc2c(c1)CCCO2. The number of alkyl halides is 1. The van der Waals surface area contributed by atoms with Gasteiger partial charge in [0.05, 0.1) is 11.9 Å². The van der Waals surface area contributed by atoms with E-state index in [9.17, 15) is 4.79 Å². The van der Waals surface area contributed by atoms with Gasteiger partial charge in [-0.3, -0.25) is 4.79 Å². The van der Waals surface area contributed by atoms with Crippen LogP contribution in [0.4, 0.5) is 0 Å². The maximum absolute atomic E-state index is 11.4. The number of ketones is 1. The van der Waals surface area contributed by atoms with E-state index in [0.29, 0.717) is 5.33 Å². The zero-order valence-electron chi connectivity index (χ0n) is 7.75. The largest absolute Gasteiger partial charge is 0.493 e. The molecule has 0 spiro atoms. The number of hydrogen-bond acceptors (Lipinski definition) is 2. The Hall–Kier alpha value is -0.830. The van der Waals surface area contributed by atoms with Crippen molar-refractivity contribution >= 4 is 21.7 Å². The van der Waals surface area contributed by atoms with Gasteiger partial charge in [-0.1, -0.05) is 15.9 Å². The molecule has 0 saturated heterocycles. The zero-order valence-corrected chi connectivity index (χ0v) is 9.34. The fourth-order valence-corrected chi connectivity index (χ4v) is 1.93. The smallest absolute Gasteiger partial charge is 0.173 e. The van der Waals surface area contributed by atoms with Gasteiger partial charge in [0.2, 0.25) is 0 Å². The van der Waals surface area contributed by atoms with E-state index >= 15 is 0 Å². The van der Waals surface area contributed by atoms with Crippen molar-refractivity contribution in [1.29, 1.82) is 0 Å². The Kier molecular flexibility index (Phi) is 2.87. The summed E-state index contributed by atoms with van der Waals surface area (Å²) in [7, 11) is 0. The molecular weight excluding hydrogens is 244 g/mol. The number of Topliss-reactive ketones (excluding diaryl/α,β-unsaturated/α-hetero) is 1. The van der Waals surface area contributed by atoms with E-state index in [1.54, 1.807) is 0 Å². The minimum atomic E-state index is 0.123. The Morgan fingerprint density at radius 2 is 2.36 bits per heavy atom. The normalized spacial score (nSPS) is 14.4. The van der Waals surface area contributed by atoms with Gasteiger partial charge in [0.1, 0.15) is 5.75 Å². The summed E-state index contributed by atoms with van der Waals surface area (Å²) in [6, 6.07) is 5.66. The van der Waals surface area contributed by atoms with E-state index in [0.717, 1.165) is 36.3 Å². The lowest BCUT2D eigenvalue weighted by molar-refractivity contribution is 0.102. The van der Waals surface area contributed by atoms with E-state index in [-0.39, 0.29) is 5.78 Å². The molecule has 74 valence electrons. The molecule has 0 radical (unpaired) electrons. The number of carbonyl (C=O) groups excluding carboxylic acids is 1. The van der Waals surface area contributed by atoms with Crippen LogP contribution in [0.2, 0.25) is 0 Å². The molecule has 1 aromatic carbocycles. The van der Waals surface area contributed by atoms with Gasteiger partial charge in [0.15, 0.2) is 5.78 Å². The Bertz CT molecular complexity index is 360. The Balaban J connectivity index is 2.33. The molecule has 0 bridgehead atoms. The molecule has 2 rings (SSSR count). The first kappa shape index (κ1) is 9.71. The second kappa shape index (κ2) is 4.13. The van der Waals surface area contributed by atoms with Crippen LogP contribution in [0, 0.1) is 0 Å². The van der Waals surface area contributed by atoms with Crippen LogP contribution in [0.15, 0.2) is 18.2 Å². The molecule has 1 aliphatic heterocycles. The second-order valence-electron chi connectivity index (χ2n) is 3.33. The van der Waals surface area contributed by atoms with Gasteiger partial charge in [0, 0.05) is 5.56 Å². The van der Waals surface area contributed by atoms with Gasteiger partial charge >= 0.3 is 0 Å². The molecule has 0 unspecified atom stereocenters. The molecule has 0 amide bonds. The predicted octanol–water partition coefficient (Wildman–Crippen LogP) is 2.59. The Morgan fingerprint density at radius 3 is 3.14 bits per heavy atom. The molecule has 0 aromatic heterocycles. The van der Waals surface area contributed by atoms with Crippen molar-refractivity contribution in [1.82, 2.24) is 0 Å². The van der Waals surface area contributed by atoms with Crippen LogP contribution in [0.5, 0.6) is 5.75 Å². The van der Waals surface area contributed by atoms with Gasteiger partial charge in [-0.15, -0.1) is 0 Å². The number of aryl methyl sites for hydroxylation is 1. The predicted molar refractivity (Wildman–Crippen MR) is 58.4 cm³/mol. The number of halogens is 1.